The zero-order valence-corrected chi connectivity index (χ0v) is 17.3. The normalized spacial score (nSPS) is 11.5. The Kier molecular flexibility index (Phi) is 5.30. The number of ether oxygens (including phenoxy) is 1. The second-order valence-corrected chi connectivity index (χ2v) is 7.58. The summed E-state index contributed by atoms with van der Waals surface area (Å²) in [5.41, 5.74) is 3.69. The maximum atomic E-state index is 9.33. The molecular weight excluding hydrogens is 390 g/mol. The van der Waals surface area contributed by atoms with Crippen LogP contribution in [0.1, 0.15) is 19.4 Å². The van der Waals surface area contributed by atoms with Crippen molar-refractivity contribution in [2.24, 2.45) is 7.05 Å². The van der Waals surface area contributed by atoms with Crippen LogP contribution in [0, 0.1) is 0 Å². The lowest BCUT2D eigenvalue weighted by atomic mass is 10.1. The molecule has 6 nitrogen and oxygen atoms in total. The van der Waals surface area contributed by atoms with E-state index in [-0.39, 0.29) is 12.7 Å². The molecule has 0 fully saturated rings. The molecule has 0 spiro atoms. The first-order valence-electron chi connectivity index (χ1n) is 9.46. The summed E-state index contributed by atoms with van der Waals surface area (Å²) in [6, 6.07) is 11.4. The lowest BCUT2D eigenvalue weighted by Gasteiger charge is -2.11. The first kappa shape index (κ1) is 19.5. The molecule has 2 aromatic heterocycles. The number of benzene rings is 2. The molecule has 4 rings (SSSR count). The van der Waals surface area contributed by atoms with E-state index in [0.29, 0.717) is 28.9 Å². The summed E-state index contributed by atoms with van der Waals surface area (Å²) in [5, 5.41) is 15.1. The van der Waals surface area contributed by atoms with Gasteiger partial charge in [0.15, 0.2) is 0 Å². The van der Waals surface area contributed by atoms with Crippen molar-refractivity contribution >= 4 is 22.5 Å². The Balaban J connectivity index is 1.72. The molecule has 0 bridgehead atoms. The fourth-order valence-corrected chi connectivity index (χ4v) is 3.71. The summed E-state index contributed by atoms with van der Waals surface area (Å²) < 4.78 is 13.2. The van der Waals surface area contributed by atoms with E-state index in [1.54, 1.807) is 12.1 Å². The van der Waals surface area contributed by atoms with E-state index < -0.39 is 0 Å². The molecule has 0 saturated carbocycles. The molecule has 2 heterocycles. The second kappa shape index (κ2) is 7.89. The van der Waals surface area contributed by atoms with Gasteiger partial charge in [0.25, 0.3) is 5.89 Å². The fraction of sp³-hybridized carbons (Fsp3) is 0.273. The number of aromatic nitrogens is 3. The largest absolute Gasteiger partial charge is 0.489 e. The van der Waals surface area contributed by atoms with E-state index in [2.05, 4.69) is 10.1 Å². The molecule has 0 aliphatic heterocycles. The third-order valence-electron chi connectivity index (χ3n) is 4.67. The Labute approximate surface area is 173 Å². The van der Waals surface area contributed by atoms with E-state index in [1.165, 1.54) is 0 Å². The Hall–Kier alpha value is -2.83. The third-order valence-corrected chi connectivity index (χ3v) is 4.97. The standard InChI is InChI=1S/C22H22ClN3O3/c1-13(2)28-19-8-7-14(11-18(19)23)22-24-21(25-29-22)17-6-4-5-16-15(9-10-27)12-26(3)20(16)17/h4-8,11-13,27H,9-10H2,1-3H3. The number of rotatable bonds is 6. The number of para-hydroxylation sites is 1. The Morgan fingerprint density at radius 2 is 2.07 bits per heavy atom. The van der Waals surface area contributed by atoms with Crippen LogP contribution >= 0.6 is 11.6 Å². The second-order valence-electron chi connectivity index (χ2n) is 7.18. The minimum absolute atomic E-state index is 0.0369. The van der Waals surface area contributed by atoms with Crippen molar-refractivity contribution < 1.29 is 14.4 Å². The lowest BCUT2D eigenvalue weighted by molar-refractivity contribution is 0.242. The van der Waals surface area contributed by atoms with Crippen LogP contribution in [0.5, 0.6) is 5.75 Å². The molecule has 29 heavy (non-hydrogen) atoms. The van der Waals surface area contributed by atoms with Gasteiger partial charge in [-0.2, -0.15) is 4.98 Å². The summed E-state index contributed by atoms with van der Waals surface area (Å²) in [6.07, 6.45) is 2.66. The van der Waals surface area contributed by atoms with Crippen LogP contribution in [-0.4, -0.2) is 32.5 Å². The van der Waals surface area contributed by atoms with Crippen LogP contribution in [0.15, 0.2) is 47.1 Å². The topological polar surface area (TPSA) is 73.3 Å². The molecule has 4 aromatic rings. The van der Waals surface area contributed by atoms with Gasteiger partial charge >= 0.3 is 0 Å². The maximum Gasteiger partial charge on any atom is 0.258 e. The Bertz CT molecular complexity index is 1160. The molecular formula is C22H22ClN3O3. The van der Waals surface area contributed by atoms with Gasteiger partial charge in [0.2, 0.25) is 5.82 Å². The van der Waals surface area contributed by atoms with Gasteiger partial charge in [-0.05, 0) is 50.1 Å². The van der Waals surface area contributed by atoms with Crippen LogP contribution in [0.2, 0.25) is 5.02 Å². The number of fused-ring (bicyclic) bond motifs is 1. The average Bonchev–Trinajstić information content (AvgIpc) is 3.29. The van der Waals surface area contributed by atoms with Crippen molar-refractivity contribution in [3.05, 3.63) is 53.2 Å². The first-order valence-corrected chi connectivity index (χ1v) is 9.84. The SMILES string of the molecule is CC(C)Oc1ccc(-c2nc(-c3cccc4c(CCO)cn(C)c34)no2)cc1Cl. The molecule has 2 aromatic carbocycles. The molecule has 0 saturated heterocycles. The zero-order valence-electron chi connectivity index (χ0n) is 16.5. The Morgan fingerprint density at radius 1 is 1.24 bits per heavy atom. The van der Waals surface area contributed by atoms with Gasteiger partial charge in [-0.1, -0.05) is 28.9 Å². The molecule has 0 aliphatic carbocycles. The van der Waals surface area contributed by atoms with Crippen molar-refractivity contribution in [2.75, 3.05) is 6.61 Å². The smallest absolute Gasteiger partial charge is 0.258 e. The highest BCUT2D eigenvalue weighted by Gasteiger charge is 2.17. The van der Waals surface area contributed by atoms with Crippen molar-refractivity contribution in [3.63, 3.8) is 0 Å². The average molecular weight is 412 g/mol. The Morgan fingerprint density at radius 3 is 2.79 bits per heavy atom. The predicted octanol–water partition coefficient (Wildman–Crippen LogP) is 4.87. The highest BCUT2D eigenvalue weighted by atomic mass is 35.5. The summed E-state index contributed by atoms with van der Waals surface area (Å²) in [5.74, 6) is 1.51. The van der Waals surface area contributed by atoms with E-state index in [9.17, 15) is 5.11 Å². The van der Waals surface area contributed by atoms with E-state index in [0.717, 1.165) is 27.6 Å². The quantitative estimate of drug-likeness (QED) is 0.490. The van der Waals surface area contributed by atoms with Crippen LogP contribution in [0.3, 0.4) is 0 Å². The molecule has 0 aliphatic rings. The number of hydrogen-bond donors (Lipinski definition) is 1. The van der Waals surface area contributed by atoms with Crippen molar-refractivity contribution in [1.29, 1.82) is 0 Å². The van der Waals surface area contributed by atoms with E-state index >= 15 is 0 Å². The lowest BCUT2D eigenvalue weighted by Crippen LogP contribution is -2.05. The third kappa shape index (κ3) is 3.73. The summed E-state index contributed by atoms with van der Waals surface area (Å²) in [4.78, 5) is 4.59. The molecule has 150 valence electrons. The van der Waals surface area contributed by atoms with Crippen LogP contribution < -0.4 is 4.74 Å². The van der Waals surface area contributed by atoms with Crippen molar-refractivity contribution in [1.82, 2.24) is 14.7 Å². The van der Waals surface area contributed by atoms with Crippen LogP contribution in [-0.2, 0) is 13.5 Å². The first-order chi connectivity index (χ1) is 14.0. The summed E-state index contributed by atoms with van der Waals surface area (Å²) in [6.45, 7) is 4.00. The van der Waals surface area contributed by atoms with Gasteiger partial charge in [0, 0.05) is 36.4 Å². The van der Waals surface area contributed by atoms with E-state index in [4.69, 9.17) is 20.9 Å². The monoisotopic (exact) mass is 411 g/mol. The van der Waals surface area contributed by atoms with E-state index in [1.807, 2.05) is 55.9 Å². The van der Waals surface area contributed by atoms with Crippen molar-refractivity contribution in [3.8, 4) is 28.6 Å². The zero-order chi connectivity index (χ0) is 20.5. The minimum Gasteiger partial charge on any atom is -0.489 e. The number of aliphatic hydroxyl groups is 1. The number of nitrogens with zero attached hydrogens (tertiary/aromatic N) is 3. The highest BCUT2D eigenvalue weighted by Crippen LogP contribution is 2.33. The van der Waals surface area contributed by atoms with Crippen molar-refractivity contribution in [2.45, 2.75) is 26.4 Å². The number of aliphatic hydroxyl groups excluding tert-OH is 1. The van der Waals surface area contributed by atoms with Crippen LogP contribution in [0.4, 0.5) is 0 Å². The predicted molar refractivity (Wildman–Crippen MR) is 113 cm³/mol. The van der Waals surface area contributed by atoms with Gasteiger partial charge in [-0.15, -0.1) is 0 Å². The van der Waals surface area contributed by atoms with Gasteiger partial charge in [0.1, 0.15) is 5.75 Å². The maximum absolute atomic E-state index is 9.33. The molecule has 0 amide bonds. The summed E-state index contributed by atoms with van der Waals surface area (Å²) in [7, 11) is 1.97. The fourth-order valence-electron chi connectivity index (χ4n) is 3.48. The molecule has 0 unspecified atom stereocenters. The summed E-state index contributed by atoms with van der Waals surface area (Å²) >= 11 is 6.34. The number of halogens is 1. The molecule has 1 N–H and O–H groups in total. The molecule has 7 heteroatoms. The molecule has 0 atom stereocenters. The molecule has 0 radical (unpaired) electrons. The highest BCUT2D eigenvalue weighted by molar-refractivity contribution is 6.32. The minimum atomic E-state index is 0.0369. The number of hydrogen-bond acceptors (Lipinski definition) is 5. The number of aryl methyl sites for hydroxylation is 1. The van der Waals surface area contributed by atoms with Gasteiger partial charge in [-0.3, -0.25) is 0 Å². The van der Waals surface area contributed by atoms with Gasteiger partial charge in [0.05, 0.1) is 16.6 Å². The van der Waals surface area contributed by atoms with Crippen LogP contribution in [0.25, 0.3) is 33.7 Å². The van der Waals surface area contributed by atoms with Gasteiger partial charge in [-0.25, -0.2) is 0 Å². The van der Waals surface area contributed by atoms with Gasteiger partial charge < -0.3 is 18.9 Å².